The Morgan fingerprint density at radius 2 is 1.85 bits per heavy atom. The third-order valence-corrected chi connectivity index (χ3v) is 4.57. The summed E-state index contributed by atoms with van der Waals surface area (Å²) in [7, 11) is 0. The molecule has 1 aliphatic heterocycles. The normalized spacial score (nSPS) is 21.6. The number of nitrogen functional groups attached to an aromatic ring is 1. The lowest BCUT2D eigenvalue weighted by molar-refractivity contribution is 0.187. The fourth-order valence-electron chi connectivity index (χ4n) is 3.41. The van der Waals surface area contributed by atoms with E-state index in [4.69, 9.17) is 5.73 Å². The molecule has 1 saturated carbocycles. The molecule has 0 aromatic carbocycles. The fraction of sp³-hybridized carbons (Fsp3) is 0.733. The number of aromatic nitrogens is 2. The van der Waals surface area contributed by atoms with Crippen LogP contribution in [-0.4, -0.2) is 47.1 Å². The van der Waals surface area contributed by atoms with Crippen molar-refractivity contribution in [1.82, 2.24) is 14.9 Å². The van der Waals surface area contributed by atoms with Crippen molar-refractivity contribution in [2.75, 3.05) is 36.8 Å². The van der Waals surface area contributed by atoms with Crippen molar-refractivity contribution in [3.05, 3.63) is 11.9 Å². The van der Waals surface area contributed by atoms with E-state index >= 15 is 0 Å². The minimum Gasteiger partial charge on any atom is -0.384 e. The molecular formula is C15H25N5. The minimum atomic E-state index is 0.588. The van der Waals surface area contributed by atoms with Crippen LogP contribution >= 0.6 is 0 Å². The Kier molecular flexibility index (Phi) is 4.05. The first-order valence-electron chi connectivity index (χ1n) is 7.88. The lowest BCUT2D eigenvalue weighted by atomic mass is 10.2. The van der Waals surface area contributed by atoms with Gasteiger partial charge >= 0.3 is 0 Å². The molecule has 0 atom stereocenters. The number of hydrogen-bond donors (Lipinski definition) is 1. The van der Waals surface area contributed by atoms with Gasteiger partial charge in [0.05, 0.1) is 0 Å². The van der Waals surface area contributed by atoms with Crippen LogP contribution in [0.2, 0.25) is 0 Å². The van der Waals surface area contributed by atoms with Gasteiger partial charge in [0.2, 0.25) is 0 Å². The van der Waals surface area contributed by atoms with Gasteiger partial charge in [-0.25, -0.2) is 9.97 Å². The molecule has 2 heterocycles. The van der Waals surface area contributed by atoms with Gasteiger partial charge in [0.15, 0.2) is 0 Å². The predicted octanol–water partition coefficient (Wildman–Crippen LogP) is 1.69. The number of hydrogen-bond acceptors (Lipinski definition) is 5. The number of aryl methyl sites for hydroxylation is 1. The van der Waals surface area contributed by atoms with Crippen LogP contribution in [-0.2, 0) is 6.42 Å². The summed E-state index contributed by atoms with van der Waals surface area (Å²) >= 11 is 0. The molecule has 0 radical (unpaired) electrons. The summed E-state index contributed by atoms with van der Waals surface area (Å²) in [5.74, 6) is 2.43. The molecule has 1 saturated heterocycles. The molecule has 1 aromatic rings. The van der Waals surface area contributed by atoms with Crippen molar-refractivity contribution < 1.29 is 0 Å². The highest BCUT2D eigenvalue weighted by Crippen LogP contribution is 2.25. The molecule has 0 amide bonds. The molecule has 1 aromatic heterocycles. The van der Waals surface area contributed by atoms with E-state index in [1.807, 2.05) is 6.07 Å². The summed E-state index contributed by atoms with van der Waals surface area (Å²) in [6.45, 7) is 6.47. The Labute approximate surface area is 121 Å². The van der Waals surface area contributed by atoms with Crippen LogP contribution in [0.15, 0.2) is 6.07 Å². The van der Waals surface area contributed by atoms with E-state index in [0.29, 0.717) is 5.82 Å². The van der Waals surface area contributed by atoms with E-state index in [2.05, 4.69) is 26.7 Å². The van der Waals surface area contributed by atoms with Crippen molar-refractivity contribution in [2.24, 2.45) is 0 Å². The summed E-state index contributed by atoms with van der Waals surface area (Å²) in [5, 5.41) is 0. The van der Waals surface area contributed by atoms with Crippen molar-refractivity contribution in [3.8, 4) is 0 Å². The van der Waals surface area contributed by atoms with Gasteiger partial charge < -0.3 is 10.6 Å². The molecule has 0 unspecified atom stereocenters. The van der Waals surface area contributed by atoms with Gasteiger partial charge in [-0.3, -0.25) is 4.90 Å². The number of rotatable bonds is 3. The van der Waals surface area contributed by atoms with Gasteiger partial charge in [-0.2, -0.15) is 0 Å². The Balaban J connectivity index is 1.64. The largest absolute Gasteiger partial charge is 0.384 e. The molecule has 0 spiro atoms. The first-order chi connectivity index (χ1) is 9.76. The van der Waals surface area contributed by atoms with E-state index < -0.39 is 0 Å². The van der Waals surface area contributed by atoms with Crippen LogP contribution in [0.1, 0.15) is 38.4 Å². The fourth-order valence-corrected chi connectivity index (χ4v) is 3.41. The van der Waals surface area contributed by atoms with Crippen molar-refractivity contribution in [2.45, 2.75) is 45.1 Å². The zero-order valence-corrected chi connectivity index (χ0v) is 12.4. The zero-order valence-electron chi connectivity index (χ0n) is 12.4. The maximum Gasteiger partial charge on any atom is 0.134 e. The Morgan fingerprint density at radius 3 is 2.50 bits per heavy atom. The van der Waals surface area contributed by atoms with Crippen LogP contribution in [0, 0.1) is 0 Å². The van der Waals surface area contributed by atoms with E-state index in [-0.39, 0.29) is 0 Å². The number of anilines is 2. The minimum absolute atomic E-state index is 0.588. The third kappa shape index (κ3) is 2.87. The molecule has 2 aliphatic rings. The van der Waals surface area contributed by atoms with Gasteiger partial charge in [0.1, 0.15) is 17.5 Å². The van der Waals surface area contributed by atoms with E-state index in [1.54, 1.807) is 0 Å². The number of nitrogens with zero attached hydrogens (tertiary/aromatic N) is 4. The first-order valence-corrected chi connectivity index (χ1v) is 7.88. The van der Waals surface area contributed by atoms with E-state index in [0.717, 1.165) is 50.3 Å². The van der Waals surface area contributed by atoms with Gasteiger partial charge in [0.25, 0.3) is 0 Å². The Bertz CT molecular complexity index is 448. The van der Waals surface area contributed by atoms with Crippen LogP contribution in [0.25, 0.3) is 0 Å². The summed E-state index contributed by atoms with van der Waals surface area (Å²) < 4.78 is 0. The Hall–Kier alpha value is -1.36. The highest BCUT2D eigenvalue weighted by molar-refractivity contribution is 5.47. The molecule has 3 rings (SSSR count). The standard InChI is InChI=1S/C15H25N5/c1-2-14-17-13(16)11-15(18-14)20-9-7-19(8-10-20)12-5-3-4-6-12/h11-12H,2-10H2,1H3,(H2,16,17,18). The molecule has 110 valence electrons. The summed E-state index contributed by atoms with van der Waals surface area (Å²) in [4.78, 5) is 13.9. The number of nitrogens with two attached hydrogens (primary N) is 1. The highest BCUT2D eigenvalue weighted by Gasteiger charge is 2.26. The smallest absolute Gasteiger partial charge is 0.134 e. The molecule has 1 aliphatic carbocycles. The zero-order chi connectivity index (χ0) is 13.9. The average Bonchev–Trinajstić information content (AvgIpc) is 3.01. The maximum absolute atomic E-state index is 5.88. The third-order valence-electron chi connectivity index (χ3n) is 4.57. The van der Waals surface area contributed by atoms with Crippen molar-refractivity contribution in [3.63, 3.8) is 0 Å². The quantitative estimate of drug-likeness (QED) is 0.909. The predicted molar refractivity (Wildman–Crippen MR) is 81.9 cm³/mol. The SMILES string of the molecule is CCc1nc(N)cc(N2CCN(C3CCCC3)CC2)n1. The van der Waals surface area contributed by atoms with Gasteiger partial charge in [-0.15, -0.1) is 0 Å². The molecule has 20 heavy (non-hydrogen) atoms. The lowest BCUT2D eigenvalue weighted by Gasteiger charge is -2.38. The average molecular weight is 275 g/mol. The van der Waals surface area contributed by atoms with Gasteiger partial charge in [0, 0.05) is 44.7 Å². The second-order valence-corrected chi connectivity index (χ2v) is 5.88. The molecule has 2 fully saturated rings. The van der Waals surface area contributed by atoms with E-state index in [9.17, 15) is 0 Å². The monoisotopic (exact) mass is 275 g/mol. The second kappa shape index (κ2) is 5.95. The second-order valence-electron chi connectivity index (χ2n) is 5.88. The van der Waals surface area contributed by atoms with Crippen LogP contribution < -0.4 is 10.6 Å². The first kappa shape index (κ1) is 13.6. The lowest BCUT2D eigenvalue weighted by Crippen LogP contribution is -2.50. The molecule has 5 heteroatoms. The molecule has 2 N–H and O–H groups in total. The van der Waals surface area contributed by atoms with E-state index in [1.165, 1.54) is 25.7 Å². The highest BCUT2D eigenvalue weighted by atomic mass is 15.3. The summed E-state index contributed by atoms with van der Waals surface area (Å²) in [6, 6.07) is 2.74. The topological polar surface area (TPSA) is 58.3 Å². The summed E-state index contributed by atoms with van der Waals surface area (Å²) in [6.07, 6.45) is 6.43. The number of piperazine rings is 1. The Morgan fingerprint density at radius 1 is 1.15 bits per heavy atom. The van der Waals surface area contributed by atoms with Crippen LogP contribution in [0.3, 0.4) is 0 Å². The van der Waals surface area contributed by atoms with Crippen LogP contribution in [0.5, 0.6) is 0 Å². The molecule has 5 nitrogen and oxygen atoms in total. The molecular weight excluding hydrogens is 250 g/mol. The summed E-state index contributed by atoms with van der Waals surface area (Å²) in [5.41, 5.74) is 5.88. The maximum atomic E-state index is 5.88. The van der Waals surface area contributed by atoms with Gasteiger partial charge in [-0.05, 0) is 12.8 Å². The van der Waals surface area contributed by atoms with Crippen molar-refractivity contribution in [1.29, 1.82) is 0 Å². The van der Waals surface area contributed by atoms with Crippen molar-refractivity contribution >= 4 is 11.6 Å². The van der Waals surface area contributed by atoms with Crippen LogP contribution in [0.4, 0.5) is 11.6 Å². The van der Waals surface area contributed by atoms with Gasteiger partial charge in [-0.1, -0.05) is 19.8 Å². The molecule has 0 bridgehead atoms.